The summed E-state index contributed by atoms with van der Waals surface area (Å²) in [5.41, 5.74) is 3.05. The van der Waals surface area contributed by atoms with Crippen LogP contribution in [0.15, 0.2) is 42.5 Å². The predicted molar refractivity (Wildman–Crippen MR) is 81.8 cm³/mol. The summed E-state index contributed by atoms with van der Waals surface area (Å²) in [6.07, 6.45) is 0.810. The molecule has 0 aliphatic rings. The predicted octanol–water partition coefficient (Wildman–Crippen LogP) is 4.00. The molecule has 0 aliphatic carbocycles. The highest BCUT2D eigenvalue weighted by Gasteiger charge is 2.09. The quantitative estimate of drug-likeness (QED) is 0.874. The molecule has 0 fully saturated rings. The Morgan fingerprint density at radius 1 is 1.20 bits per heavy atom. The van der Waals surface area contributed by atoms with Gasteiger partial charge in [-0.1, -0.05) is 35.4 Å². The van der Waals surface area contributed by atoms with Gasteiger partial charge in [-0.25, -0.2) is 4.79 Å². The highest BCUT2D eigenvalue weighted by molar-refractivity contribution is 6.30. The van der Waals surface area contributed by atoms with Gasteiger partial charge in [0, 0.05) is 17.3 Å². The first-order valence-electron chi connectivity index (χ1n) is 6.38. The zero-order chi connectivity index (χ0) is 14.5. The fraction of sp³-hybridized carbons (Fsp3) is 0.188. The van der Waals surface area contributed by atoms with E-state index in [9.17, 15) is 9.90 Å². The zero-order valence-electron chi connectivity index (χ0n) is 11.2. The molecular formula is C16H16ClNO2. The number of hydrogen-bond donors (Lipinski definition) is 2. The van der Waals surface area contributed by atoms with Gasteiger partial charge in [-0.05, 0) is 43.2 Å². The molecule has 0 aromatic heterocycles. The molecule has 2 N–H and O–H groups in total. The molecule has 2 rings (SSSR count). The summed E-state index contributed by atoms with van der Waals surface area (Å²) in [6, 6.07) is 13.0. The topological polar surface area (TPSA) is 49.3 Å². The van der Waals surface area contributed by atoms with Crippen LogP contribution in [0.3, 0.4) is 0 Å². The molecular weight excluding hydrogens is 274 g/mol. The van der Waals surface area contributed by atoms with Crippen molar-refractivity contribution in [2.24, 2.45) is 0 Å². The number of aromatic carboxylic acids is 1. The number of nitrogens with one attached hydrogen (secondary N) is 1. The lowest BCUT2D eigenvalue weighted by atomic mass is 10.1. The van der Waals surface area contributed by atoms with Crippen LogP contribution in [0.4, 0.5) is 5.69 Å². The first-order chi connectivity index (χ1) is 9.56. The van der Waals surface area contributed by atoms with Crippen LogP contribution in [0, 0.1) is 6.92 Å². The van der Waals surface area contributed by atoms with Gasteiger partial charge < -0.3 is 10.4 Å². The van der Waals surface area contributed by atoms with Crippen LogP contribution in [0.2, 0.25) is 5.02 Å². The Kier molecular flexibility index (Phi) is 4.64. The van der Waals surface area contributed by atoms with Crippen molar-refractivity contribution < 1.29 is 9.90 Å². The van der Waals surface area contributed by atoms with E-state index in [1.165, 1.54) is 0 Å². The smallest absolute Gasteiger partial charge is 0.337 e. The van der Waals surface area contributed by atoms with Crippen LogP contribution < -0.4 is 5.32 Å². The van der Waals surface area contributed by atoms with Gasteiger partial charge in [-0.15, -0.1) is 0 Å². The Bertz CT molecular complexity index is 608. The molecule has 3 nitrogen and oxygen atoms in total. The van der Waals surface area contributed by atoms with Gasteiger partial charge in [0.1, 0.15) is 0 Å². The van der Waals surface area contributed by atoms with Crippen molar-refractivity contribution in [3.63, 3.8) is 0 Å². The van der Waals surface area contributed by atoms with Crippen molar-refractivity contribution in [2.75, 3.05) is 11.9 Å². The average molecular weight is 290 g/mol. The molecule has 0 saturated heterocycles. The van der Waals surface area contributed by atoms with E-state index < -0.39 is 5.97 Å². The van der Waals surface area contributed by atoms with E-state index in [1.807, 2.05) is 37.3 Å². The second kappa shape index (κ2) is 6.44. The van der Waals surface area contributed by atoms with Gasteiger partial charge in [-0.3, -0.25) is 0 Å². The van der Waals surface area contributed by atoms with Crippen LogP contribution in [0.1, 0.15) is 21.5 Å². The van der Waals surface area contributed by atoms with Gasteiger partial charge in [-0.2, -0.15) is 0 Å². The number of hydrogen-bond acceptors (Lipinski definition) is 2. The minimum Gasteiger partial charge on any atom is -0.478 e. The fourth-order valence-electron chi connectivity index (χ4n) is 1.98. The summed E-state index contributed by atoms with van der Waals surface area (Å²) >= 11 is 5.83. The Morgan fingerprint density at radius 2 is 1.90 bits per heavy atom. The van der Waals surface area contributed by atoms with Gasteiger partial charge in [0.15, 0.2) is 0 Å². The lowest BCUT2D eigenvalue weighted by molar-refractivity contribution is 0.0698. The molecule has 0 heterocycles. The van der Waals surface area contributed by atoms with Crippen molar-refractivity contribution in [3.05, 3.63) is 64.2 Å². The van der Waals surface area contributed by atoms with E-state index in [2.05, 4.69) is 5.32 Å². The molecule has 2 aromatic carbocycles. The Balaban J connectivity index is 2.00. The summed E-state index contributed by atoms with van der Waals surface area (Å²) in [6.45, 7) is 2.55. The van der Waals surface area contributed by atoms with E-state index in [0.29, 0.717) is 22.8 Å². The number of aryl methyl sites for hydroxylation is 1. The second-order valence-electron chi connectivity index (χ2n) is 4.66. The minimum atomic E-state index is -0.914. The summed E-state index contributed by atoms with van der Waals surface area (Å²) in [5, 5.41) is 13.1. The Morgan fingerprint density at radius 3 is 2.55 bits per heavy atom. The molecule has 2 aromatic rings. The maximum absolute atomic E-state index is 11.2. The highest BCUT2D eigenvalue weighted by Crippen LogP contribution is 2.17. The molecule has 0 atom stereocenters. The van der Waals surface area contributed by atoms with Gasteiger partial charge in [0.25, 0.3) is 0 Å². The third-order valence-corrected chi connectivity index (χ3v) is 3.30. The number of anilines is 1. The van der Waals surface area contributed by atoms with Crippen LogP contribution in [-0.4, -0.2) is 17.6 Å². The second-order valence-corrected chi connectivity index (χ2v) is 5.09. The molecule has 0 amide bonds. The molecule has 0 bridgehead atoms. The van der Waals surface area contributed by atoms with Crippen molar-refractivity contribution >= 4 is 23.3 Å². The lowest BCUT2D eigenvalue weighted by Crippen LogP contribution is -2.09. The zero-order valence-corrected chi connectivity index (χ0v) is 11.9. The lowest BCUT2D eigenvalue weighted by Gasteiger charge is -2.10. The molecule has 0 spiro atoms. The summed E-state index contributed by atoms with van der Waals surface area (Å²) in [7, 11) is 0. The average Bonchev–Trinajstić information content (AvgIpc) is 2.42. The van der Waals surface area contributed by atoms with Crippen LogP contribution in [0.25, 0.3) is 0 Å². The van der Waals surface area contributed by atoms with E-state index >= 15 is 0 Å². The van der Waals surface area contributed by atoms with Gasteiger partial charge >= 0.3 is 5.97 Å². The first-order valence-corrected chi connectivity index (χ1v) is 6.76. The third kappa shape index (κ3) is 3.75. The van der Waals surface area contributed by atoms with E-state index in [0.717, 1.165) is 17.5 Å². The van der Waals surface area contributed by atoms with Gasteiger partial charge in [0.2, 0.25) is 0 Å². The Hall–Kier alpha value is -2.00. The monoisotopic (exact) mass is 289 g/mol. The van der Waals surface area contributed by atoms with Crippen LogP contribution in [-0.2, 0) is 6.42 Å². The fourth-order valence-corrected chi connectivity index (χ4v) is 2.11. The standard InChI is InChI=1S/C16H16ClNO2/c1-11-2-7-15(14(10-11)16(19)20)18-9-8-12-3-5-13(17)6-4-12/h2-7,10,18H,8-9H2,1H3,(H,19,20). The number of halogens is 1. The van der Waals surface area contributed by atoms with Crippen LogP contribution >= 0.6 is 11.6 Å². The minimum absolute atomic E-state index is 0.307. The Labute approximate surface area is 123 Å². The molecule has 0 saturated carbocycles. The number of carboxylic acids is 1. The number of carboxylic acid groups (broad SMARTS) is 1. The summed E-state index contributed by atoms with van der Waals surface area (Å²) in [4.78, 5) is 11.2. The van der Waals surface area contributed by atoms with Crippen molar-refractivity contribution in [1.29, 1.82) is 0 Å². The van der Waals surface area contributed by atoms with Gasteiger partial charge in [0.05, 0.1) is 5.56 Å². The van der Waals surface area contributed by atoms with Crippen LogP contribution in [0.5, 0.6) is 0 Å². The molecule has 4 heteroatoms. The maximum atomic E-state index is 11.2. The van der Waals surface area contributed by atoms with Crippen molar-refractivity contribution in [3.8, 4) is 0 Å². The molecule has 20 heavy (non-hydrogen) atoms. The maximum Gasteiger partial charge on any atom is 0.337 e. The number of benzene rings is 2. The van der Waals surface area contributed by atoms with Crippen molar-refractivity contribution in [1.82, 2.24) is 0 Å². The largest absolute Gasteiger partial charge is 0.478 e. The first kappa shape index (κ1) is 14.4. The van der Waals surface area contributed by atoms with Crippen molar-refractivity contribution in [2.45, 2.75) is 13.3 Å². The molecule has 0 aliphatic heterocycles. The molecule has 0 radical (unpaired) electrons. The summed E-state index contributed by atoms with van der Waals surface area (Å²) < 4.78 is 0. The van der Waals surface area contributed by atoms with E-state index in [1.54, 1.807) is 12.1 Å². The van der Waals surface area contributed by atoms with E-state index in [4.69, 9.17) is 11.6 Å². The summed E-state index contributed by atoms with van der Waals surface area (Å²) in [5.74, 6) is -0.914. The van der Waals surface area contributed by atoms with E-state index in [-0.39, 0.29) is 0 Å². The highest BCUT2D eigenvalue weighted by atomic mass is 35.5. The normalized spacial score (nSPS) is 10.3. The number of rotatable bonds is 5. The third-order valence-electron chi connectivity index (χ3n) is 3.05. The molecule has 104 valence electrons. The molecule has 0 unspecified atom stereocenters. The SMILES string of the molecule is Cc1ccc(NCCc2ccc(Cl)cc2)c(C(=O)O)c1. The number of carbonyl (C=O) groups is 1.